The first kappa shape index (κ1) is 18.3. The first-order valence-corrected chi connectivity index (χ1v) is 8.65. The Labute approximate surface area is 150 Å². The monoisotopic (exact) mass is 362 g/mol. The van der Waals surface area contributed by atoms with E-state index < -0.39 is 29.7 Å². The molecule has 0 aliphatic carbocycles. The first-order valence-electron chi connectivity index (χ1n) is 8.65. The number of nitrogens with one attached hydrogen (secondary N) is 1. The Hall–Kier alpha value is -2.45. The number of amides is 1. The number of aliphatic hydroxyl groups is 1. The molecule has 3 atom stereocenters. The van der Waals surface area contributed by atoms with Gasteiger partial charge in [0, 0.05) is 6.54 Å². The largest absolute Gasteiger partial charge is 0.478 e. The molecule has 1 aromatic carbocycles. The Morgan fingerprint density at radius 2 is 1.96 bits per heavy atom. The molecule has 2 saturated heterocycles. The van der Waals surface area contributed by atoms with Gasteiger partial charge in [-0.2, -0.15) is 0 Å². The van der Waals surface area contributed by atoms with Crippen molar-refractivity contribution in [2.24, 2.45) is 5.92 Å². The Morgan fingerprint density at radius 1 is 1.23 bits per heavy atom. The van der Waals surface area contributed by atoms with Crippen LogP contribution in [0.2, 0.25) is 0 Å². The maximum Gasteiger partial charge on any atom is 0.412 e. The van der Waals surface area contributed by atoms with Crippen molar-refractivity contribution in [3.05, 3.63) is 35.9 Å². The molecule has 3 rings (SSSR count). The number of nitrogens with zero attached hydrogens (tertiary/aromatic N) is 1. The van der Waals surface area contributed by atoms with E-state index in [9.17, 15) is 24.6 Å². The number of ether oxygens (including phenoxy) is 1. The summed E-state index contributed by atoms with van der Waals surface area (Å²) in [6, 6.07) is 8.44. The zero-order valence-electron chi connectivity index (χ0n) is 14.3. The molecule has 0 bridgehead atoms. The van der Waals surface area contributed by atoms with Gasteiger partial charge >= 0.3 is 12.1 Å². The van der Waals surface area contributed by atoms with E-state index in [2.05, 4.69) is 5.32 Å². The summed E-state index contributed by atoms with van der Waals surface area (Å²) in [6.45, 7) is 0.575. The van der Waals surface area contributed by atoms with Crippen LogP contribution in [-0.2, 0) is 20.9 Å². The second-order valence-corrected chi connectivity index (χ2v) is 6.62. The number of hydrogen-bond donors (Lipinski definition) is 3. The van der Waals surface area contributed by atoms with E-state index in [1.165, 1.54) is 0 Å². The van der Waals surface area contributed by atoms with Crippen molar-refractivity contribution in [2.75, 3.05) is 13.1 Å². The summed E-state index contributed by atoms with van der Waals surface area (Å²) in [5, 5.41) is 23.3. The second kappa shape index (κ2) is 7.43. The molecule has 3 unspecified atom stereocenters. The number of carboxylic acid groups (broad SMARTS) is 1. The number of benzene rings is 1. The van der Waals surface area contributed by atoms with Crippen LogP contribution in [-0.4, -0.2) is 57.8 Å². The lowest BCUT2D eigenvalue weighted by Gasteiger charge is -2.33. The smallest absolute Gasteiger partial charge is 0.412 e. The average Bonchev–Trinajstić information content (AvgIpc) is 3.29. The molecule has 0 saturated carbocycles. The van der Waals surface area contributed by atoms with Crippen LogP contribution in [0.5, 0.6) is 0 Å². The van der Waals surface area contributed by atoms with E-state index in [1.807, 2.05) is 6.07 Å². The van der Waals surface area contributed by atoms with E-state index >= 15 is 0 Å². The SMILES string of the molecule is O=C(C1CCCN1)C1CCN(C(=O)OCc2ccccc2)C1(O)C(=O)O. The summed E-state index contributed by atoms with van der Waals surface area (Å²) in [5.41, 5.74) is -1.85. The maximum atomic E-state index is 12.7. The molecule has 3 N–H and O–H groups in total. The fraction of sp³-hybridized carbons (Fsp3) is 0.500. The first-order chi connectivity index (χ1) is 12.4. The topological polar surface area (TPSA) is 116 Å². The van der Waals surface area contributed by atoms with Gasteiger partial charge in [-0.3, -0.25) is 9.69 Å². The van der Waals surface area contributed by atoms with Crippen LogP contribution in [0.25, 0.3) is 0 Å². The van der Waals surface area contributed by atoms with Gasteiger partial charge in [0.15, 0.2) is 5.78 Å². The van der Waals surface area contributed by atoms with Gasteiger partial charge in [-0.1, -0.05) is 30.3 Å². The highest BCUT2D eigenvalue weighted by Gasteiger charge is 2.60. The summed E-state index contributed by atoms with van der Waals surface area (Å²) in [4.78, 5) is 37.5. The van der Waals surface area contributed by atoms with Crippen LogP contribution in [0.1, 0.15) is 24.8 Å². The third kappa shape index (κ3) is 3.30. The number of likely N-dealkylation sites (tertiary alicyclic amines) is 1. The molecule has 1 aromatic rings. The van der Waals surface area contributed by atoms with Crippen LogP contribution in [0.4, 0.5) is 4.79 Å². The molecule has 0 spiro atoms. The van der Waals surface area contributed by atoms with Crippen LogP contribution in [0.3, 0.4) is 0 Å². The van der Waals surface area contributed by atoms with E-state index in [0.717, 1.165) is 16.9 Å². The van der Waals surface area contributed by atoms with Crippen molar-refractivity contribution in [1.29, 1.82) is 0 Å². The summed E-state index contributed by atoms with van der Waals surface area (Å²) in [6.07, 6.45) is 0.551. The third-order valence-electron chi connectivity index (χ3n) is 5.03. The molecule has 8 heteroatoms. The van der Waals surface area contributed by atoms with Crippen molar-refractivity contribution < 1.29 is 29.3 Å². The highest BCUT2D eigenvalue weighted by Crippen LogP contribution is 2.36. The Morgan fingerprint density at radius 3 is 2.58 bits per heavy atom. The molecule has 0 radical (unpaired) electrons. The maximum absolute atomic E-state index is 12.7. The molecular formula is C18H22N2O6. The van der Waals surface area contributed by atoms with Crippen molar-refractivity contribution in [1.82, 2.24) is 10.2 Å². The lowest BCUT2D eigenvalue weighted by atomic mass is 9.87. The number of hydrogen-bond acceptors (Lipinski definition) is 6. The van der Waals surface area contributed by atoms with Crippen LogP contribution in [0.15, 0.2) is 30.3 Å². The Bertz CT molecular complexity index is 688. The summed E-state index contributed by atoms with van der Waals surface area (Å²) < 4.78 is 5.15. The zero-order chi connectivity index (χ0) is 18.7. The molecule has 8 nitrogen and oxygen atoms in total. The Balaban J connectivity index is 1.73. The summed E-state index contributed by atoms with van der Waals surface area (Å²) in [7, 11) is 0. The molecule has 1 amide bonds. The molecule has 2 fully saturated rings. The quantitative estimate of drug-likeness (QED) is 0.707. The summed E-state index contributed by atoms with van der Waals surface area (Å²) in [5.74, 6) is -3.17. The number of aliphatic carboxylic acids is 1. The van der Waals surface area contributed by atoms with E-state index in [-0.39, 0.29) is 25.4 Å². The molecule has 2 heterocycles. The van der Waals surface area contributed by atoms with Gasteiger partial charge in [0.25, 0.3) is 5.72 Å². The van der Waals surface area contributed by atoms with Crippen LogP contribution >= 0.6 is 0 Å². The van der Waals surface area contributed by atoms with Gasteiger partial charge < -0.3 is 20.3 Å². The number of ketones is 1. The second-order valence-electron chi connectivity index (χ2n) is 6.62. The number of carbonyl (C=O) groups is 3. The van der Waals surface area contributed by atoms with Crippen molar-refractivity contribution in [2.45, 2.75) is 37.6 Å². The molecule has 0 aromatic heterocycles. The van der Waals surface area contributed by atoms with E-state index in [4.69, 9.17) is 4.74 Å². The molecule has 26 heavy (non-hydrogen) atoms. The van der Waals surface area contributed by atoms with Gasteiger partial charge in [-0.25, -0.2) is 9.59 Å². The fourth-order valence-corrected chi connectivity index (χ4v) is 3.62. The van der Waals surface area contributed by atoms with Crippen LogP contribution < -0.4 is 5.32 Å². The highest BCUT2D eigenvalue weighted by molar-refractivity contribution is 5.95. The van der Waals surface area contributed by atoms with Gasteiger partial charge in [0.1, 0.15) is 6.61 Å². The normalized spacial score (nSPS) is 28.1. The number of rotatable bonds is 5. The Kier molecular flexibility index (Phi) is 5.24. The fourth-order valence-electron chi connectivity index (χ4n) is 3.62. The third-order valence-corrected chi connectivity index (χ3v) is 5.03. The molecule has 2 aliphatic heterocycles. The van der Waals surface area contributed by atoms with Gasteiger partial charge in [0.2, 0.25) is 0 Å². The van der Waals surface area contributed by atoms with Gasteiger partial charge in [0.05, 0.1) is 12.0 Å². The van der Waals surface area contributed by atoms with Gasteiger partial charge in [-0.05, 0) is 31.4 Å². The van der Waals surface area contributed by atoms with Crippen LogP contribution in [0, 0.1) is 5.92 Å². The van der Waals surface area contributed by atoms with Crippen molar-refractivity contribution >= 4 is 17.8 Å². The highest BCUT2D eigenvalue weighted by atomic mass is 16.6. The van der Waals surface area contributed by atoms with Crippen molar-refractivity contribution in [3.8, 4) is 0 Å². The number of Topliss-reactive ketones (excluding diaryl/α,β-unsaturated/α-hetero) is 1. The van der Waals surface area contributed by atoms with E-state index in [0.29, 0.717) is 13.0 Å². The predicted molar refractivity (Wildman–Crippen MR) is 90.1 cm³/mol. The van der Waals surface area contributed by atoms with Crippen molar-refractivity contribution in [3.63, 3.8) is 0 Å². The lowest BCUT2D eigenvalue weighted by molar-refractivity contribution is -0.183. The molecule has 140 valence electrons. The lowest BCUT2D eigenvalue weighted by Crippen LogP contribution is -2.59. The molecule has 2 aliphatic rings. The summed E-state index contributed by atoms with van der Waals surface area (Å²) >= 11 is 0. The minimum absolute atomic E-state index is 0.0470. The zero-order valence-corrected chi connectivity index (χ0v) is 14.3. The van der Waals surface area contributed by atoms with E-state index in [1.54, 1.807) is 24.3 Å². The molecular weight excluding hydrogens is 340 g/mol. The number of carbonyl (C=O) groups excluding carboxylic acids is 2. The number of carboxylic acids is 1. The standard InChI is InChI=1S/C18H22N2O6/c21-15(14-7-4-9-19-14)13-8-10-20(18(13,25)16(22)23)17(24)26-11-12-5-2-1-3-6-12/h1-3,5-6,13-14,19,25H,4,7-11H2,(H,22,23). The minimum Gasteiger partial charge on any atom is -0.478 e. The predicted octanol–water partition coefficient (Wildman–Crippen LogP) is 0.739. The van der Waals surface area contributed by atoms with Gasteiger partial charge in [-0.15, -0.1) is 0 Å². The average molecular weight is 362 g/mol. The minimum atomic E-state index is -2.59.